The summed E-state index contributed by atoms with van der Waals surface area (Å²) in [4.78, 5) is 12.3. The number of carbonyl (C=O) groups excluding carboxylic acids is 1. The molecular formula is C38H40O5S. The number of carbonyl (C=O) groups is 1. The zero-order valence-electron chi connectivity index (χ0n) is 25.1. The van der Waals surface area contributed by atoms with Gasteiger partial charge >= 0.3 is 0 Å². The van der Waals surface area contributed by atoms with Gasteiger partial charge in [0, 0.05) is 4.90 Å². The van der Waals surface area contributed by atoms with E-state index in [-0.39, 0.29) is 23.6 Å². The molecule has 1 saturated heterocycles. The van der Waals surface area contributed by atoms with E-state index in [1.54, 1.807) is 11.8 Å². The molecule has 0 radical (unpaired) electrons. The van der Waals surface area contributed by atoms with Crippen LogP contribution in [0.4, 0.5) is 0 Å². The number of rotatable bonds is 15. The summed E-state index contributed by atoms with van der Waals surface area (Å²) >= 11 is 1.74. The highest BCUT2D eigenvalue weighted by molar-refractivity contribution is 8.00. The minimum absolute atomic E-state index is 0.108. The molecule has 5 atom stereocenters. The van der Waals surface area contributed by atoms with E-state index in [2.05, 4.69) is 67.6 Å². The molecule has 4 aromatic carbocycles. The first-order valence-electron chi connectivity index (χ1n) is 15.1. The fourth-order valence-electron chi connectivity index (χ4n) is 5.29. The summed E-state index contributed by atoms with van der Waals surface area (Å²) in [6.45, 7) is 3.77. The van der Waals surface area contributed by atoms with Crippen LogP contribution in [-0.2, 0) is 43.6 Å². The summed E-state index contributed by atoms with van der Waals surface area (Å²) in [6.07, 6.45) is 3.45. The van der Waals surface area contributed by atoms with Crippen LogP contribution >= 0.6 is 11.8 Å². The molecule has 0 aromatic heterocycles. The summed E-state index contributed by atoms with van der Waals surface area (Å²) in [5.41, 5.74) is 4.47. The minimum atomic E-state index is -0.399. The molecule has 0 N–H and O–H groups in total. The quantitative estimate of drug-likeness (QED) is 0.102. The molecule has 0 bridgehead atoms. The van der Waals surface area contributed by atoms with Gasteiger partial charge in [0.2, 0.25) is 0 Å². The third kappa shape index (κ3) is 9.49. The summed E-state index contributed by atoms with van der Waals surface area (Å²) < 4.78 is 26.7. The molecular weight excluding hydrogens is 568 g/mol. The van der Waals surface area contributed by atoms with Crippen molar-refractivity contribution in [2.24, 2.45) is 0 Å². The number of ether oxygens (including phenoxy) is 4. The van der Waals surface area contributed by atoms with Crippen molar-refractivity contribution in [1.82, 2.24) is 0 Å². The van der Waals surface area contributed by atoms with Crippen LogP contribution in [0.3, 0.4) is 0 Å². The van der Waals surface area contributed by atoms with Gasteiger partial charge in [-0.2, -0.15) is 0 Å². The van der Waals surface area contributed by atoms with Gasteiger partial charge in [-0.05, 0) is 48.2 Å². The van der Waals surface area contributed by atoms with Crippen LogP contribution in [0.25, 0.3) is 0 Å². The Labute approximate surface area is 265 Å². The maximum Gasteiger partial charge on any atom is 0.142 e. The summed E-state index contributed by atoms with van der Waals surface area (Å²) in [7, 11) is 0. The second kappa shape index (κ2) is 17.1. The highest BCUT2D eigenvalue weighted by atomic mass is 32.2. The molecule has 6 heteroatoms. The number of aldehydes is 1. The first kappa shape index (κ1) is 31.9. The van der Waals surface area contributed by atoms with Crippen LogP contribution in [0.1, 0.15) is 28.7 Å². The summed E-state index contributed by atoms with van der Waals surface area (Å²) in [5.74, 6) is 0. The van der Waals surface area contributed by atoms with E-state index in [1.165, 1.54) is 11.6 Å². The monoisotopic (exact) mass is 608 g/mol. The molecule has 44 heavy (non-hydrogen) atoms. The lowest BCUT2D eigenvalue weighted by Gasteiger charge is -2.46. The molecule has 0 amide bonds. The Morgan fingerprint density at radius 1 is 0.682 bits per heavy atom. The van der Waals surface area contributed by atoms with Crippen molar-refractivity contribution in [1.29, 1.82) is 0 Å². The van der Waals surface area contributed by atoms with Crippen molar-refractivity contribution in [2.45, 2.75) is 67.7 Å². The SMILES string of the molecule is Cc1ccc(S[C@@H]2[C@@H](OCc3ccccc3)[C@H](OCc3ccccc3)[C@@H](COCc3ccccc3)O[C@H]2C/C=C\C=O)cc1. The van der Waals surface area contributed by atoms with Gasteiger partial charge in [-0.1, -0.05) is 115 Å². The zero-order chi connectivity index (χ0) is 30.4. The minimum Gasteiger partial charge on any atom is -0.374 e. The molecule has 5 nitrogen and oxygen atoms in total. The van der Waals surface area contributed by atoms with Gasteiger partial charge < -0.3 is 18.9 Å². The molecule has 0 aliphatic carbocycles. The first-order valence-corrected chi connectivity index (χ1v) is 16.0. The van der Waals surface area contributed by atoms with Crippen LogP contribution in [0, 0.1) is 6.92 Å². The lowest BCUT2D eigenvalue weighted by Crippen LogP contribution is -2.59. The van der Waals surface area contributed by atoms with Crippen molar-refractivity contribution in [3.05, 3.63) is 150 Å². The molecule has 228 valence electrons. The average molecular weight is 609 g/mol. The molecule has 1 fully saturated rings. The Morgan fingerprint density at radius 3 is 1.80 bits per heavy atom. The lowest BCUT2D eigenvalue weighted by atomic mass is 9.94. The van der Waals surface area contributed by atoms with E-state index >= 15 is 0 Å². The molecule has 0 saturated carbocycles. The van der Waals surface area contributed by atoms with Crippen molar-refractivity contribution in [2.75, 3.05) is 6.61 Å². The van der Waals surface area contributed by atoms with Gasteiger partial charge in [0.1, 0.15) is 24.6 Å². The van der Waals surface area contributed by atoms with Crippen LogP contribution in [0.15, 0.2) is 132 Å². The predicted molar refractivity (Wildman–Crippen MR) is 175 cm³/mol. The van der Waals surface area contributed by atoms with Gasteiger partial charge in [-0.15, -0.1) is 11.8 Å². The maximum atomic E-state index is 11.2. The Balaban J connectivity index is 1.46. The number of allylic oxidation sites excluding steroid dienone is 1. The smallest absolute Gasteiger partial charge is 0.142 e. The van der Waals surface area contributed by atoms with Gasteiger partial charge in [0.25, 0.3) is 0 Å². The maximum absolute atomic E-state index is 11.2. The molecule has 5 rings (SSSR count). The molecule has 4 aromatic rings. The summed E-state index contributed by atoms with van der Waals surface area (Å²) in [6, 6.07) is 39.0. The van der Waals surface area contributed by atoms with Crippen molar-refractivity contribution >= 4 is 18.0 Å². The third-order valence-corrected chi connectivity index (χ3v) is 8.96. The molecule has 0 unspecified atom stereocenters. The number of hydrogen-bond acceptors (Lipinski definition) is 6. The van der Waals surface area contributed by atoms with Crippen LogP contribution in [-0.4, -0.2) is 42.6 Å². The van der Waals surface area contributed by atoms with E-state index in [4.69, 9.17) is 18.9 Å². The fourth-order valence-corrected chi connectivity index (χ4v) is 6.59. The van der Waals surface area contributed by atoms with Crippen molar-refractivity contribution in [3.8, 4) is 0 Å². The Morgan fingerprint density at radius 2 is 1.23 bits per heavy atom. The fraction of sp³-hybridized carbons (Fsp3) is 0.289. The normalized spacial score (nSPS) is 21.8. The predicted octanol–water partition coefficient (Wildman–Crippen LogP) is 7.76. The number of aryl methyl sites for hydroxylation is 1. The second-order valence-electron chi connectivity index (χ2n) is 10.9. The number of hydrogen-bond donors (Lipinski definition) is 0. The van der Waals surface area contributed by atoms with E-state index < -0.39 is 6.10 Å². The third-order valence-electron chi connectivity index (χ3n) is 7.57. The van der Waals surface area contributed by atoms with Gasteiger partial charge in [-0.25, -0.2) is 0 Å². The second-order valence-corrected chi connectivity index (χ2v) is 12.2. The van der Waals surface area contributed by atoms with Crippen molar-refractivity contribution < 1.29 is 23.7 Å². The van der Waals surface area contributed by atoms with Crippen molar-refractivity contribution in [3.63, 3.8) is 0 Å². The zero-order valence-corrected chi connectivity index (χ0v) is 25.9. The average Bonchev–Trinajstić information content (AvgIpc) is 3.07. The van der Waals surface area contributed by atoms with Crippen LogP contribution < -0.4 is 0 Å². The standard InChI is InChI=1S/C38H40O5S/c1-29-20-22-33(23-21-29)44-38-34(19-11-12-24-39)43-35(28-40-25-30-13-5-2-6-14-30)36(41-26-31-15-7-3-8-16-31)37(38)42-27-32-17-9-4-10-18-32/h2-18,20-24,34-38H,19,25-28H2,1H3/b12-11-/t34-,35+,36+,37-,38-/m0/s1. The van der Waals surface area contributed by atoms with Gasteiger partial charge in [-0.3, -0.25) is 4.79 Å². The molecule has 1 aliphatic heterocycles. The first-order chi connectivity index (χ1) is 21.7. The topological polar surface area (TPSA) is 54.0 Å². The molecule has 1 heterocycles. The molecule has 1 aliphatic rings. The van der Waals surface area contributed by atoms with Crippen LogP contribution in [0.2, 0.25) is 0 Å². The van der Waals surface area contributed by atoms with E-state index in [1.807, 2.05) is 60.7 Å². The van der Waals surface area contributed by atoms with Gasteiger partial charge in [0.05, 0.1) is 37.8 Å². The highest BCUT2D eigenvalue weighted by Crippen LogP contribution is 2.39. The van der Waals surface area contributed by atoms with Crippen LogP contribution in [0.5, 0.6) is 0 Å². The van der Waals surface area contributed by atoms with Gasteiger partial charge in [0.15, 0.2) is 0 Å². The Hall–Kier alpha value is -3.52. The largest absolute Gasteiger partial charge is 0.374 e. The Bertz CT molecular complexity index is 1410. The lowest BCUT2D eigenvalue weighted by molar-refractivity contribution is -0.216. The highest BCUT2D eigenvalue weighted by Gasteiger charge is 2.47. The van der Waals surface area contributed by atoms with E-state index in [0.29, 0.717) is 32.8 Å². The summed E-state index contributed by atoms with van der Waals surface area (Å²) in [5, 5.41) is -0.108. The number of benzene rings is 4. The Kier molecular flexibility index (Phi) is 12.4. The van der Waals surface area contributed by atoms with E-state index in [9.17, 15) is 4.79 Å². The van der Waals surface area contributed by atoms with E-state index in [0.717, 1.165) is 27.9 Å². The molecule has 0 spiro atoms. The number of thioether (sulfide) groups is 1.